The third-order valence-corrected chi connectivity index (χ3v) is 3.43. The van der Waals surface area contributed by atoms with Crippen molar-refractivity contribution in [2.24, 2.45) is 5.73 Å². The molecule has 5 nitrogen and oxygen atoms in total. The van der Waals surface area contributed by atoms with Crippen LogP contribution in [0, 0.1) is 0 Å². The minimum Gasteiger partial charge on any atom is -0.376 e. The van der Waals surface area contributed by atoms with Gasteiger partial charge in [0, 0.05) is 17.8 Å². The Kier molecular flexibility index (Phi) is 6.17. The smallest absolute Gasteiger partial charge is 0.248 e. The molecular weight excluding hydrogens is 290 g/mol. The van der Waals surface area contributed by atoms with E-state index in [1.165, 1.54) is 5.56 Å². The lowest BCUT2D eigenvalue weighted by molar-refractivity contribution is -0.119. The third-order valence-electron chi connectivity index (χ3n) is 3.43. The number of carbonyl (C=O) groups is 2. The van der Waals surface area contributed by atoms with E-state index >= 15 is 0 Å². The summed E-state index contributed by atoms with van der Waals surface area (Å²) < 4.78 is 0. The van der Waals surface area contributed by atoms with Gasteiger partial charge in [-0.25, -0.2) is 0 Å². The molecule has 0 heterocycles. The van der Waals surface area contributed by atoms with Crippen molar-refractivity contribution in [3.63, 3.8) is 0 Å². The highest BCUT2D eigenvalue weighted by molar-refractivity contribution is 5.93. The Balaban J connectivity index is 1.64. The largest absolute Gasteiger partial charge is 0.376 e. The Labute approximate surface area is 135 Å². The van der Waals surface area contributed by atoms with Gasteiger partial charge in [0.2, 0.25) is 11.8 Å². The molecule has 0 bridgehead atoms. The Bertz CT molecular complexity index is 639. The second-order valence-electron chi connectivity index (χ2n) is 5.23. The van der Waals surface area contributed by atoms with Crippen LogP contribution in [0.5, 0.6) is 0 Å². The first-order valence-corrected chi connectivity index (χ1v) is 7.59. The third kappa shape index (κ3) is 5.82. The summed E-state index contributed by atoms with van der Waals surface area (Å²) in [7, 11) is 0. The van der Waals surface area contributed by atoms with E-state index in [4.69, 9.17) is 5.73 Å². The summed E-state index contributed by atoms with van der Waals surface area (Å²) in [6, 6.07) is 16.9. The predicted octanol–water partition coefficient (Wildman–Crippen LogP) is 1.95. The summed E-state index contributed by atoms with van der Waals surface area (Å²) >= 11 is 0. The molecule has 0 atom stereocenters. The lowest BCUT2D eigenvalue weighted by atomic mass is 10.1. The fourth-order valence-electron chi connectivity index (χ4n) is 2.16. The van der Waals surface area contributed by atoms with E-state index in [-0.39, 0.29) is 12.5 Å². The summed E-state index contributed by atoms with van der Waals surface area (Å²) in [5.74, 6) is -0.523. The fourth-order valence-corrected chi connectivity index (χ4v) is 2.16. The molecule has 0 radical (unpaired) electrons. The maximum Gasteiger partial charge on any atom is 0.248 e. The van der Waals surface area contributed by atoms with Crippen molar-refractivity contribution in [1.82, 2.24) is 5.32 Å². The molecule has 2 amide bonds. The van der Waals surface area contributed by atoms with E-state index in [9.17, 15) is 9.59 Å². The summed E-state index contributed by atoms with van der Waals surface area (Å²) in [6.45, 7) is 0.845. The van der Waals surface area contributed by atoms with E-state index in [0.29, 0.717) is 12.1 Å². The summed E-state index contributed by atoms with van der Waals surface area (Å²) in [6.07, 6.45) is 1.85. The number of nitrogens with two attached hydrogens (primary N) is 1. The van der Waals surface area contributed by atoms with Gasteiger partial charge < -0.3 is 16.4 Å². The highest BCUT2D eigenvalue weighted by atomic mass is 16.2. The van der Waals surface area contributed by atoms with Crippen LogP contribution in [0.4, 0.5) is 5.69 Å². The first kappa shape index (κ1) is 16.5. The number of amides is 2. The van der Waals surface area contributed by atoms with Crippen molar-refractivity contribution in [3.8, 4) is 0 Å². The standard InChI is InChI=1S/C18H21N3O2/c19-18(23)15-8-10-16(11-9-15)21-13-17(22)20-12-4-7-14-5-2-1-3-6-14/h1-3,5-6,8-11,21H,4,7,12-13H2,(H2,19,23)(H,20,22). The molecular formula is C18H21N3O2. The van der Waals surface area contributed by atoms with Crippen LogP contribution in [0.25, 0.3) is 0 Å². The molecule has 0 spiro atoms. The van der Waals surface area contributed by atoms with E-state index in [1.807, 2.05) is 18.2 Å². The average Bonchev–Trinajstić information content (AvgIpc) is 2.58. The monoisotopic (exact) mass is 311 g/mol. The van der Waals surface area contributed by atoms with Crippen LogP contribution >= 0.6 is 0 Å². The molecule has 0 aliphatic rings. The SMILES string of the molecule is NC(=O)c1ccc(NCC(=O)NCCCc2ccccc2)cc1. The van der Waals surface area contributed by atoms with Crippen molar-refractivity contribution in [1.29, 1.82) is 0 Å². The number of hydrogen-bond donors (Lipinski definition) is 3. The molecule has 2 rings (SSSR count). The molecule has 0 fully saturated rings. The minimum absolute atomic E-state index is 0.0583. The number of benzene rings is 2. The number of rotatable bonds is 8. The number of hydrogen-bond acceptors (Lipinski definition) is 3. The van der Waals surface area contributed by atoms with E-state index < -0.39 is 5.91 Å². The molecule has 0 saturated carbocycles. The maximum atomic E-state index is 11.8. The lowest BCUT2D eigenvalue weighted by Gasteiger charge is -2.08. The first-order chi connectivity index (χ1) is 11.1. The molecule has 0 unspecified atom stereocenters. The van der Waals surface area contributed by atoms with Crippen molar-refractivity contribution in [3.05, 3.63) is 65.7 Å². The van der Waals surface area contributed by atoms with Crippen molar-refractivity contribution < 1.29 is 9.59 Å². The van der Waals surface area contributed by atoms with Gasteiger partial charge in [-0.2, -0.15) is 0 Å². The van der Waals surface area contributed by atoms with E-state index in [2.05, 4.69) is 22.8 Å². The summed E-state index contributed by atoms with van der Waals surface area (Å²) in [4.78, 5) is 22.7. The van der Waals surface area contributed by atoms with Gasteiger partial charge in [-0.1, -0.05) is 30.3 Å². The minimum atomic E-state index is -0.465. The predicted molar refractivity (Wildman–Crippen MR) is 91.2 cm³/mol. The first-order valence-electron chi connectivity index (χ1n) is 7.59. The van der Waals surface area contributed by atoms with Crippen LogP contribution in [-0.2, 0) is 11.2 Å². The number of primary amides is 1. The van der Waals surface area contributed by atoms with Gasteiger partial charge in [-0.15, -0.1) is 0 Å². The highest BCUT2D eigenvalue weighted by Gasteiger charge is 2.02. The van der Waals surface area contributed by atoms with Gasteiger partial charge in [0.15, 0.2) is 0 Å². The zero-order chi connectivity index (χ0) is 16.5. The summed E-state index contributed by atoms with van der Waals surface area (Å²) in [5, 5.41) is 5.88. The maximum absolute atomic E-state index is 11.8. The van der Waals surface area contributed by atoms with E-state index in [1.54, 1.807) is 24.3 Å². The Morgan fingerprint density at radius 3 is 2.30 bits per heavy atom. The fraction of sp³-hybridized carbons (Fsp3) is 0.222. The van der Waals surface area contributed by atoms with Gasteiger partial charge in [-0.05, 0) is 42.7 Å². The van der Waals surface area contributed by atoms with Crippen LogP contribution in [0.3, 0.4) is 0 Å². The van der Waals surface area contributed by atoms with Crippen LogP contribution in [0.1, 0.15) is 22.3 Å². The second kappa shape index (κ2) is 8.58. The Morgan fingerprint density at radius 2 is 1.65 bits per heavy atom. The zero-order valence-corrected chi connectivity index (χ0v) is 12.9. The van der Waals surface area contributed by atoms with Crippen LogP contribution in [-0.4, -0.2) is 24.9 Å². The number of carbonyl (C=O) groups excluding carboxylic acids is 2. The molecule has 0 saturated heterocycles. The summed E-state index contributed by atoms with van der Waals surface area (Å²) in [5.41, 5.74) is 7.66. The van der Waals surface area contributed by atoms with Gasteiger partial charge in [0.05, 0.1) is 6.54 Å². The molecule has 0 aliphatic carbocycles. The molecule has 2 aromatic rings. The van der Waals surface area contributed by atoms with Gasteiger partial charge >= 0.3 is 0 Å². The van der Waals surface area contributed by atoms with Gasteiger partial charge in [0.25, 0.3) is 0 Å². The number of nitrogens with one attached hydrogen (secondary N) is 2. The molecule has 0 aliphatic heterocycles. The average molecular weight is 311 g/mol. The quantitative estimate of drug-likeness (QED) is 0.651. The van der Waals surface area contributed by atoms with E-state index in [0.717, 1.165) is 18.5 Å². The molecule has 0 aromatic heterocycles. The van der Waals surface area contributed by atoms with Crippen molar-refractivity contribution in [2.75, 3.05) is 18.4 Å². The highest BCUT2D eigenvalue weighted by Crippen LogP contribution is 2.08. The topological polar surface area (TPSA) is 84.2 Å². The number of anilines is 1. The Morgan fingerprint density at radius 1 is 0.957 bits per heavy atom. The molecule has 4 N–H and O–H groups in total. The molecule has 120 valence electrons. The van der Waals surface area contributed by atoms with Crippen LogP contribution in [0.15, 0.2) is 54.6 Å². The van der Waals surface area contributed by atoms with Crippen LogP contribution in [0.2, 0.25) is 0 Å². The van der Waals surface area contributed by atoms with Crippen LogP contribution < -0.4 is 16.4 Å². The molecule has 23 heavy (non-hydrogen) atoms. The number of aryl methyl sites for hydroxylation is 1. The molecule has 5 heteroatoms. The second-order valence-corrected chi connectivity index (χ2v) is 5.23. The van der Waals surface area contributed by atoms with Crippen molar-refractivity contribution >= 4 is 17.5 Å². The lowest BCUT2D eigenvalue weighted by Crippen LogP contribution is -2.30. The molecule has 2 aromatic carbocycles. The van der Waals surface area contributed by atoms with Crippen molar-refractivity contribution in [2.45, 2.75) is 12.8 Å². The normalized spacial score (nSPS) is 10.1. The zero-order valence-electron chi connectivity index (χ0n) is 12.9. The Hall–Kier alpha value is -2.82. The van der Waals surface area contributed by atoms with Gasteiger partial charge in [-0.3, -0.25) is 9.59 Å². The van der Waals surface area contributed by atoms with Gasteiger partial charge in [0.1, 0.15) is 0 Å².